The van der Waals surface area contributed by atoms with E-state index in [0.717, 1.165) is 5.92 Å². The molecule has 1 aromatic rings. The zero-order valence-corrected chi connectivity index (χ0v) is 10.6. The van der Waals surface area contributed by atoms with E-state index in [9.17, 15) is 0 Å². The van der Waals surface area contributed by atoms with E-state index in [1.165, 1.54) is 30.4 Å². The molecular formula is C15H24. The van der Waals surface area contributed by atoms with Crippen LogP contribution in [0, 0.1) is 0 Å². The average Bonchev–Trinajstić information content (AvgIpc) is 2.30. The van der Waals surface area contributed by atoms with Crippen molar-refractivity contribution >= 4 is 0 Å². The molecule has 1 rings (SSSR count). The molecule has 0 aromatic heterocycles. The summed E-state index contributed by atoms with van der Waals surface area (Å²) in [6, 6.07) is 9.25. The molecule has 0 amide bonds. The highest BCUT2D eigenvalue weighted by Gasteiger charge is 2.07. The van der Waals surface area contributed by atoms with Gasteiger partial charge in [0.15, 0.2) is 0 Å². The van der Waals surface area contributed by atoms with Crippen LogP contribution in [0.15, 0.2) is 24.3 Å². The van der Waals surface area contributed by atoms with Crippen LogP contribution in [0.3, 0.4) is 0 Å². The van der Waals surface area contributed by atoms with E-state index in [0.29, 0.717) is 5.92 Å². The van der Waals surface area contributed by atoms with Crippen molar-refractivity contribution in [2.24, 2.45) is 0 Å². The van der Waals surface area contributed by atoms with Gasteiger partial charge in [-0.3, -0.25) is 0 Å². The lowest BCUT2D eigenvalue weighted by Crippen LogP contribution is -1.97. The third-order valence-electron chi connectivity index (χ3n) is 3.57. The third kappa shape index (κ3) is 3.09. The Balaban J connectivity index is 2.79. The Bertz CT molecular complexity index is 267. The number of hydrogen-bond acceptors (Lipinski definition) is 0. The Kier molecular flexibility index (Phi) is 4.87. The summed E-state index contributed by atoms with van der Waals surface area (Å²) in [5.74, 6) is 1.44. The molecule has 0 saturated heterocycles. The standard InChI is InChI=1S/C15H24/c1-5-12(4)14-8-10-15(11-9-14)13(6-2)7-3/h8-13H,5-7H2,1-4H3. The molecule has 0 saturated carbocycles. The van der Waals surface area contributed by atoms with Gasteiger partial charge in [-0.25, -0.2) is 0 Å². The molecule has 0 heterocycles. The molecule has 1 atom stereocenters. The zero-order valence-electron chi connectivity index (χ0n) is 10.6. The normalized spacial score (nSPS) is 13.1. The first kappa shape index (κ1) is 12.3. The molecule has 0 heteroatoms. The van der Waals surface area contributed by atoms with E-state index in [4.69, 9.17) is 0 Å². The number of benzene rings is 1. The number of rotatable bonds is 5. The SMILES string of the molecule is CCC(C)c1ccc(C(CC)CC)cc1. The average molecular weight is 204 g/mol. The molecule has 0 aliphatic carbocycles. The first-order chi connectivity index (χ1) is 7.22. The minimum atomic E-state index is 0.695. The van der Waals surface area contributed by atoms with Crippen LogP contribution in [0.4, 0.5) is 0 Å². The molecule has 0 aliphatic rings. The van der Waals surface area contributed by atoms with E-state index in [1.807, 2.05) is 0 Å². The molecule has 0 fully saturated rings. The fourth-order valence-electron chi connectivity index (χ4n) is 2.09. The summed E-state index contributed by atoms with van der Waals surface area (Å²) in [4.78, 5) is 0. The van der Waals surface area contributed by atoms with Crippen LogP contribution in [-0.4, -0.2) is 0 Å². The second-order valence-corrected chi connectivity index (χ2v) is 4.49. The molecule has 0 nitrogen and oxygen atoms in total. The molecule has 1 aromatic carbocycles. The van der Waals surface area contributed by atoms with Gasteiger partial charge in [-0.1, -0.05) is 52.0 Å². The summed E-state index contributed by atoms with van der Waals surface area (Å²) in [6.45, 7) is 9.10. The van der Waals surface area contributed by atoms with Gasteiger partial charge in [-0.05, 0) is 42.2 Å². The lowest BCUT2D eigenvalue weighted by atomic mass is 9.91. The number of hydrogen-bond donors (Lipinski definition) is 0. The van der Waals surface area contributed by atoms with Gasteiger partial charge >= 0.3 is 0 Å². The smallest absolute Gasteiger partial charge is 0.0167 e. The highest BCUT2D eigenvalue weighted by molar-refractivity contribution is 5.27. The lowest BCUT2D eigenvalue weighted by Gasteiger charge is -2.15. The van der Waals surface area contributed by atoms with Gasteiger partial charge in [-0.2, -0.15) is 0 Å². The predicted octanol–water partition coefficient (Wildman–Crippen LogP) is 5.10. The van der Waals surface area contributed by atoms with Crippen LogP contribution in [0.5, 0.6) is 0 Å². The molecule has 0 aliphatic heterocycles. The van der Waals surface area contributed by atoms with Crippen LogP contribution in [0.25, 0.3) is 0 Å². The lowest BCUT2D eigenvalue weighted by molar-refractivity contribution is 0.640. The molecule has 0 bridgehead atoms. The molecule has 84 valence electrons. The van der Waals surface area contributed by atoms with Crippen LogP contribution >= 0.6 is 0 Å². The van der Waals surface area contributed by atoms with Gasteiger partial charge in [0.2, 0.25) is 0 Å². The fraction of sp³-hybridized carbons (Fsp3) is 0.600. The van der Waals surface area contributed by atoms with Crippen LogP contribution in [0.1, 0.15) is 69.9 Å². The topological polar surface area (TPSA) is 0 Å². The third-order valence-corrected chi connectivity index (χ3v) is 3.57. The predicted molar refractivity (Wildman–Crippen MR) is 68.5 cm³/mol. The highest BCUT2D eigenvalue weighted by atomic mass is 14.1. The van der Waals surface area contributed by atoms with Crippen molar-refractivity contribution in [3.63, 3.8) is 0 Å². The maximum atomic E-state index is 2.32. The minimum absolute atomic E-state index is 0.695. The maximum Gasteiger partial charge on any atom is -0.0167 e. The zero-order chi connectivity index (χ0) is 11.3. The van der Waals surface area contributed by atoms with Gasteiger partial charge in [-0.15, -0.1) is 0 Å². The van der Waals surface area contributed by atoms with Crippen molar-refractivity contribution in [3.8, 4) is 0 Å². The quantitative estimate of drug-likeness (QED) is 0.625. The molecule has 0 radical (unpaired) electrons. The van der Waals surface area contributed by atoms with E-state index < -0.39 is 0 Å². The summed E-state index contributed by atoms with van der Waals surface area (Å²) in [5.41, 5.74) is 2.99. The first-order valence-corrected chi connectivity index (χ1v) is 6.32. The summed E-state index contributed by atoms with van der Waals surface area (Å²) in [5, 5.41) is 0. The van der Waals surface area contributed by atoms with Crippen LogP contribution in [0.2, 0.25) is 0 Å². The van der Waals surface area contributed by atoms with Gasteiger partial charge in [0, 0.05) is 0 Å². The molecule has 15 heavy (non-hydrogen) atoms. The molecule has 1 unspecified atom stereocenters. The van der Waals surface area contributed by atoms with Crippen LogP contribution < -0.4 is 0 Å². The Hall–Kier alpha value is -0.780. The summed E-state index contributed by atoms with van der Waals surface area (Å²) >= 11 is 0. The Morgan fingerprint density at radius 1 is 0.800 bits per heavy atom. The molecule has 0 spiro atoms. The Labute approximate surface area is 94.7 Å². The van der Waals surface area contributed by atoms with Crippen molar-refractivity contribution < 1.29 is 0 Å². The monoisotopic (exact) mass is 204 g/mol. The molecule has 0 N–H and O–H groups in total. The van der Waals surface area contributed by atoms with Gasteiger partial charge in [0.25, 0.3) is 0 Å². The summed E-state index contributed by atoms with van der Waals surface area (Å²) in [6.07, 6.45) is 3.72. The van der Waals surface area contributed by atoms with E-state index in [2.05, 4.69) is 52.0 Å². The second kappa shape index (κ2) is 5.95. The van der Waals surface area contributed by atoms with Crippen molar-refractivity contribution in [2.45, 2.75) is 58.8 Å². The van der Waals surface area contributed by atoms with Crippen molar-refractivity contribution in [1.82, 2.24) is 0 Å². The van der Waals surface area contributed by atoms with Gasteiger partial charge in [0.05, 0.1) is 0 Å². The Morgan fingerprint density at radius 2 is 1.27 bits per heavy atom. The van der Waals surface area contributed by atoms with E-state index in [1.54, 1.807) is 0 Å². The van der Waals surface area contributed by atoms with Crippen molar-refractivity contribution in [3.05, 3.63) is 35.4 Å². The first-order valence-electron chi connectivity index (χ1n) is 6.32. The van der Waals surface area contributed by atoms with E-state index >= 15 is 0 Å². The highest BCUT2D eigenvalue weighted by Crippen LogP contribution is 2.25. The largest absolute Gasteiger partial charge is 0.0648 e. The van der Waals surface area contributed by atoms with Crippen molar-refractivity contribution in [1.29, 1.82) is 0 Å². The summed E-state index contributed by atoms with van der Waals surface area (Å²) in [7, 11) is 0. The van der Waals surface area contributed by atoms with Crippen LogP contribution in [-0.2, 0) is 0 Å². The van der Waals surface area contributed by atoms with Gasteiger partial charge < -0.3 is 0 Å². The van der Waals surface area contributed by atoms with Gasteiger partial charge in [0.1, 0.15) is 0 Å². The van der Waals surface area contributed by atoms with E-state index in [-0.39, 0.29) is 0 Å². The second-order valence-electron chi connectivity index (χ2n) is 4.49. The summed E-state index contributed by atoms with van der Waals surface area (Å²) < 4.78 is 0. The Morgan fingerprint density at radius 3 is 1.67 bits per heavy atom. The maximum absolute atomic E-state index is 2.32. The minimum Gasteiger partial charge on any atom is -0.0648 e. The molecular weight excluding hydrogens is 180 g/mol. The fourth-order valence-corrected chi connectivity index (χ4v) is 2.09. The van der Waals surface area contributed by atoms with Crippen molar-refractivity contribution in [2.75, 3.05) is 0 Å².